The van der Waals surface area contributed by atoms with Crippen LogP contribution in [0.2, 0.25) is 0 Å². The van der Waals surface area contributed by atoms with E-state index in [1.165, 1.54) is 63.0 Å². The van der Waals surface area contributed by atoms with Crippen LogP contribution in [0.25, 0.3) is 0 Å². The van der Waals surface area contributed by atoms with Crippen LogP contribution in [-0.4, -0.2) is 34.6 Å². The highest BCUT2D eigenvalue weighted by atomic mass is 32.1. The average molecular weight is 293 g/mol. The summed E-state index contributed by atoms with van der Waals surface area (Å²) in [7, 11) is 0. The lowest BCUT2D eigenvalue weighted by Crippen LogP contribution is -2.60. The van der Waals surface area contributed by atoms with Gasteiger partial charge in [0.1, 0.15) is 0 Å². The molecule has 3 nitrogen and oxygen atoms in total. The van der Waals surface area contributed by atoms with Gasteiger partial charge in [0.2, 0.25) is 0 Å². The van der Waals surface area contributed by atoms with Crippen molar-refractivity contribution in [1.29, 1.82) is 0 Å². The van der Waals surface area contributed by atoms with Crippen LogP contribution in [0.15, 0.2) is 5.38 Å². The zero-order chi connectivity index (χ0) is 14.0. The Labute approximate surface area is 126 Å². The number of nitrogens with two attached hydrogens (primary N) is 1. The van der Waals surface area contributed by atoms with E-state index in [9.17, 15) is 0 Å². The molecule has 1 aromatic rings. The molecule has 1 atom stereocenters. The summed E-state index contributed by atoms with van der Waals surface area (Å²) in [6, 6.07) is 0.244. The Balaban J connectivity index is 1.75. The fourth-order valence-corrected chi connectivity index (χ4v) is 4.95. The van der Waals surface area contributed by atoms with Crippen molar-refractivity contribution >= 4 is 11.3 Å². The highest BCUT2D eigenvalue weighted by Gasteiger charge is 2.44. The largest absolute Gasteiger partial charge is 0.326 e. The molecule has 0 amide bonds. The van der Waals surface area contributed by atoms with Gasteiger partial charge in [-0.15, -0.1) is 11.3 Å². The molecule has 112 valence electrons. The van der Waals surface area contributed by atoms with Crippen molar-refractivity contribution in [3.63, 3.8) is 0 Å². The lowest BCUT2D eigenvalue weighted by molar-refractivity contribution is 0.0482. The van der Waals surface area contributed by atoms with Gasteiger partial charge in [-0.25, -0.2) is 4.98 Å². The molecule has 20 heavy (non-hydrogen) atoms. The molecule has 0 spiro atoms. The van der Waals surface area contributed by atoms with Gasteiger partial charge in [-0.3, -0.25) is 4.90 Å². The van der Waals surface area contributed by atoms with Crippen molar-refractivity contribution in [2.24, 2.45) is 5.73 Å². The SMILES string of the molecule is Cc1csc(CC(N)C2(N3CCCCC3)CCCC2)n1. The molecule has 4 heteroatoms. The molecule has 1 aromatic heterocycles. The standard InChI is InChI=1S/C16H27N3S/c1-13-12-20-15(18-13)11-14(17)16(7-3-4-8-16)19-9-5-2-6-10-19/h12,14H,2-11,17H2,1H3. The Hall–Kier alpha value is -0.450. The van der Waals surface area contributed by atoms with Crippen LogP contribution < -0.4 is 5.73 Å². The van der Waals surface area contributed by atoms with Crippen molar-refractivity contribution in [3.8, 4) is 0 Å². The molecule has 1 unspecified atom stereocenters. The van der Waals surface area contributed by atoms with Crippen LogP contribution >= 0.6 is 11.3 Å². The van der Waals surface area contributed by atoms with Crippen LogP contribution in [0.3, 0.4) is 0 Å². The van der Waals surface area contributed by atoms with Crippen LogP contribution in [0.5, 0.6) is 0 Å². The van der Waals surface area contributed by atoms with E-state index in [1.807, 2.05) is 0 Å². The first-order valence-electron chi connectivity index (χ1n) is 8.12. The second-order valence-corrected chi connectivity index (χ2v) is 7.49. The Kier molecular flexibility index (Phi) is 4.43. The van der Waals surface area contributed by atoms with E-state index in [0.717, 1.165) is 12.1 Å². The molecular formula is C16H27N3S. The van der Waals surface area contributed by atoms with Crippen LogP contribution in [0.1, 0.15) is 55.6 Å². The molecule has 1 aliphatic carbocycles. The number of aryl methyl sites for hydroxylation is 1. The van der Waals surface area contributed by atoms with Gasteiger partial charge in [-0.2, -0.15) is 0 Å². The predicted molar refractivity (Wildman–Crippen MR) is 85.2 cm³/mol. The smallest absolute Gasteiger partial charge is 0.0944 e. The summed E-state index contributed by atoms with van der Waals surface area (Å²) in [4.78, 5) is 7.35. The van der Waals surface area contributed by atoms with E-state index in [2.05, 4.69) is 22.2 Å². The molecule has 0 bridgehead atoms. The van der Waals surface area contributed by atoms with Crippen molar-refractivity contribution in [2.45, 2.75) is 69.9 Å². The third-order valence-electron chi connectivity index (χ3n) is 5.21. The predicted octanol–water partition coefficient (Wildman–Crippen LogP) is 3.12. The van der Waals surface area contributed by atoms with Crippen LogP contribution in [-0.2, 0) is 6.42 Å². The number of thiazole rings is 1. The molecule has 1 aliphatic heterocycles. The van der Waals surface area contributed by atoms with E-state index in [1.54, 1.807) is 11.3 Å². The molecule has 2 N–H and O–H groups in total. The second kappa shape index (κ2) is 6.12. The van der Waals surface area contributed by atoms with Gasteiger partial charge in [0.05, 0.1) is 5.01 Å². The number of hydrogen-bond donors (Lipinski definition) is 1. The first-order chi connectivity index (χ1) is 9.71. The maximum absolute atomic E-state index is 6.71. The minimum absolute atomic E-state index is 0.244. The van der Waals surface area contributed by atoms with E-state index < -0.39 is 0 Å². The molecule has 0 aromatic carbocycles. The second-order valence-electron chi connectivity index (χ2n) is 6.55. The fraction of sp³-hybridized carbons (Fsp3) is 0.812. The molecule has 2 aliphatic rings. The molecular weight excluding hydrogens is 266 g/mol. The highest BCUT2D eigenvalue weighted by Crippen LogP contribution is 2.40. The molecule has 1 saturated carbocycles. The van der Waals surface area contributed by atoms with Crippen LogP contribution in [0, 0.1) is 6.92 Å². The fourth-order valence-electron chi connectivity index (χ4n) is 4.12. The lowest BCUT2D eigenvalue weighted by Gasteiger charge is -2.47. The van der Waals surface area contributed by atoms with Gasteiger partial charge >= 0.3 is 0 Å². The number of rotatable bonds is 4. The first kappa shape index (κ1) is 14.5. The Bertz CT molecular complexity index is 431. The van der Waals surface area contributed by atoms with Crippen LogP contribution in [0.4, 0.5) is 0 Å². The minimum Gasteiger partial charge on any atom is -0.326 e. The van der Waals surface area contributed by atoms with Gasteiger partial charge < -0.3 is 5.73 Å². The molecule has 0 radical (unpaired) electrons. The monoisotopic (exact) mass is 293 g/mol. The summed E-state index contributed by atoms with van der Waals surface area (Å²) in [5.41, 5.74) is 8.11. The Morgan fingerprint density at radius 2 is 1.95 bits per heavy atom. The maximum atomic E-state index is 6.71. The van der Waals surface area contributed by atoms with Gasteiger partial charge in [0.25, 0.3) is 0 Å². The zero-order valence-electron chi connectivity index (χ0n) is 12.6. The quantitative estimate of drug-likeness (QED) is 0.927. The summed E-state index contributed by atoms with van der Waals surface area (Å²) < 4.78 is 0. The summed E-state index contributed by atoms with van der Waals surface area (Å²) in [5, 5.41) is 3.36. The Morgan fingerprint density at radius 3 is 2.55 bits per heavy atom. The topological polar surface area (TPSA) is 42.1 Å². The summed E-state index contributed by atoms with van der Waals surface area (Å²) in [5.74, 6) is 0. The molecule has 3 rings (SSSR count). The van der Waals surface area contributed by atoms with Crippen molar-refractivity contribution in [1.82, 2.24) is 9.88 Å². The third kappa shape index (κ3) is 2.78. The van der Waals surface area contributed by atoms with E-state index >= 15 is 0 Å². The number of aromatic nitrogens is 1. The lowest BCUT2D eigenvalue weighted by atomic mass is 9.83. The van der Waals surface area contributed by atoms with E-state index in [0.29, 0.717) is 0 Å². The van der Waals surface area contributed by atoms with Crippen molar-refractivity contribution in [3.05, 3.63) is 16.1 Å². The zero-order valence-corrected chi connectivity index (χ0v) is 13.4. The van der Waals surface area contributed by atoms with Gasteiger partial charge in [-0.05, 0) is 45.7 Å². The first-order valence-corrected chi connectivity index (χ1v) is 9.00. The van der Waals surface area contributed by atoms with Gasteiger partial charge in [0.15, 0.2) is 0 Å². The number of likely N-dealkylation sites (tertiary alicyclic amines) is 1. The third-order valence-corrected chi connectivity index (χ3v) is 6.20. The van der Waals surface area contributed by atoms with E-state index in [-0.39, 0.29) is 11.6 Å². The minimum atomic E-state index is 0.244. The molecule has 2 fully saturated rings. The maximum Gasteiger partial charge on any atom is 0.0944 e. The van der Waals surface area contributed by atoms with E-state index in [4.69, 9.17) is 5.73 Å². The van der Waals surface area contributed by atoms with Gasteiger partial charge in [0, 0.05) is 29.1 Å². The summed E-state index contributed by atoms with van der Waals surface area (Å²) in [6.45, 7) is 4.58. The number of piperidine rings is 1. The highest BCUT2D eigenvalue weighted by molar-refractivity contribution is 7.09. The average Bonchev–Trinajstić information content (AvgIpc) is 3.10. The number of hydrogen-bond acceptors (Lipinski definition) is 4. The Morgan fingerprint density at radius 1 is 1.25 bits per heavy atom. The molecule has 2 heterocycles. The normalized spacial score (nSPS) is 24.9. The number of nitrogens with zero attached hydrogens (tertiary/aromatic N) is 2. The van der Waals surface area contributed by atoms with Gasteiger partial charge in [-0.1, -0.05) is 19.3 Å². The van der Waals surface area contributed by atoms with Crippen molar-refractivity contribution < 1.29 is 0 Å². The van der Waals surface area contributed by atoms with Crippen molar-refractivity contribution in [2.75, 3.05) is 13.1 Å². The summed E-state index contributed by atoms with van der Waals surface area (Å²) >= 11 is 1.77. The summed E-state index contributed by atoms with van der Waals surface area (Å²) in [6.07, 6.45) is 10.3. The molecule has 1 saturated heterocycles.